The van der Waals surface area contributed by atoms with E-state index in [1.54, 1.807) is 0 Å². The van der Waals surface area contributed by atoms with Crippen LogP contribution < -0.4 is 15.0 Å². The Kier molecular flexibility index (Phi) is 7.63. The van der Waals surface area contributed by atoms with Crippen LogP contribution in [0.4, 0.5) is 5.82 Å². The van der Waals surface area contributed by atoms with Gasteiger partial charge in [-0.05, 0) is 44.5 Å². The zero-order valence-electron chi connectivity index (χ0n) is 18.5. The van der Waals surface area contributed by atoms with E-state index in [1.165, 1.54) is 0 Å². The third-order valence-corrected chi connectivity index (χ3v) is 5.33. The number of piperidine rings is 1. The maximum Gasteiger partial charge on any atom is 0.227 e. The van der Waals surface area contributed by atoms with Crippen molar-refractivity contribution in [2.45, 2.75) is 38.6 Å². The number of hydrogen-bond donors (Lipinski definition) is 1. The van der Waals surface area contributed by atoms with Crippen molar-refractivity contribution in [2.75, 3.05) is 45.7 Å². The van der Waals surface area contributed by atoms with Gasteiger partial charge < -0.3 is 19.9 Å². The van der Waals surface area contributed by atoms with Gasteiger partial charge in [0, 0.05) is 45.7 Å². The van der Waals surface area contributed by atoms with Crippen LogP contribution in [0.3, 0.4) is 0 Å². The Morgan fingerprint density at radius 3 is 2.70 bits per heavy atom. The maximum absolute atomic E-state index is 12.9. The summed E-state index contributed by atoms with van der Waals surface area (Å²) in [6.45, 7) is 4.77. The van der Waals surface area contributed by atoms with E-state index in [0.29, 0.717) is 26.1 Å². The SMILES string of the molecule is CCOc1ccc(CC(=O)N2CCCC(c3nc(CNC)cc(N(C)C)n3)C2)cc1. The van der Waals surface area contributed by atoms with E-state index in [-0.39, 0.29) is 11.8 Å². The van der Waals surface area contributed by atoms with E-state index in [4.69, 9.17) is 14.7 Å². The van der Waals surface area contributed by atoms with Gasteiger partial charge in [0.05, 0.1) is 18.7 Å². The molecular formula is C23H33N5O2. The second-order valence-corrected chi connectivity index (χ2v) is 7.93. The first kappa shape index (κ1) is 22.0. The van der Waals surface area contributed by atoms with Gasteiger partial charge in [-0.15, -0.1) is 0 Å². The van der Waals surface area contributed by atoms with Gasteiger partial charge in [0.25, 0.3) is 0 Å². The van der Waals surface area contributed by atoms with Crippen LogP contribution in [0.1, 0.15) is 42.8 Å². The molecule has 3 rings (SSSR count). The van der Waals surface area contributed by atoms with Crippen molar-refractivity contribution in [1.82, 2.24) is 20.2 Å². The fourth-order valence-electron chi connectivity index (χ4n) is 3.76. The molecule has 1 fully saturated rings. The van der Waals surface area contributed by atoms with Crippen LogP contribution in [-0.2, 0) is 17.8 Å². The van der Waals surface area contributed by atoms with Gasteiger partial charge >= 0.3 is 0 Å². The molecule has 1 atom stereocenters. The second-order valence-electron chi connectivity index (χ2n) is 7.93. The molecule has 0 bridgehead atoms. The maximum atomic E-state index is 12.9. The summed E-state index contributed by atoms with van der Waals surface area (Å²) < 4.78 is 5.48. The number of nitrogens with one attached hydrogen (secondary N) is 1. The minimum Gasteiger partial charge on any atom is -0.494 e. The largest absolute Gasteiger partial charge is 0.494 e. The van der Waals surface area contributed by atoms with E-state index in [9.17, 15) is 4.79 Å². The number of nitrogens with zero attached hydrogens (tertiary/aromatic N) is 4. The van der Waals surface area contributed by atoms with E-state index in [2.05, 4.69) is 5.32 Å². The standard InChI is InChI=1S/C23H33N5O2/c1-5-30-20-10-8-17(9-11-20)13-22(29)28-12-6-7-18(16-28)23-25-19(15-24-2)14-21(26-23)27(3)4/h8-11,14,18,24H,5-7,12-13,15-16H2,1-4H3. The van der Waals surface area contributed by atoms with E-state index >= 15 is 0 Å². The molecular weight excluding hydrogens is 378 g/mol. The molecule has 1 aromatic heterocycles. The van der Waals surface area contributed by atoms with Gasteiger partial charge in [0.15, 0.2) is 0 Å². The minimum absolute atomic E-state index is 0.156. The first-order valence-electron chi connectivity index (χ1n) is 10.7. The zero-order chi connectivity index (χ0) is 21.5. The summed E-state index contributed by atoms with van der Waals surface area (Å²) in [7, 11) is 5.89. The average Bonchev–Trinajstić information content (AvgIpc) is 2.75. The third kappa shape index (κ3) is 5.69. The normalized spacial score (nSPS) is 16.4. The average molecular weight is 412 g/mol. The van der Waals surface area contributed by atoms with Gasteiger partial charge in [-0.2, -0.15) is 0 Å². The van der Waals surface area contributed by atoms with Crippen LogP contribution in [0.5, 0.6) is 5.75 Å². The summed E-state index contributed by atoms with van der Waals surface area (Å²) in [5.74, 6) is 2.90. The quantitative estimate of drug-likeness (QED) is 0.720. The van der Waals surface area contributed by atoms with E-state index in [0.717, 1.165) is 48.0 Å². The molecule has 1 amide bonds. The summed E-state index contributed by atoms with van der Waals surface area (Å²) in [6.07, 6.45) is 2.38. The monoisotopic (exact) mass is 411 g/mol. The van der Waals surface area contributed by atoms with Crippen LogP contribution in [0.15, 0.2) is 30.3 Å². The second kappa shape index (κ2) is 10.4. The molecule has 1 aliphatic heterocycles. The molecule has 1 aliphatic rings. The molecule has 1 N–H and O–H groups in total. The highest BCUT2D eigenvalue weighted by atomic mass is 16.5. The lowest BCUT2D eigenvalue weighted by Crippen LogP contribution is -2.40. The van der Waals surface area contributed by atoms with E-state index < -0.39 is 0 Å². The minimum atomic E-state index is 0.156. The van der Waals surface area contributed by atoms with Crippen LogP contribution in [0, 0.1) is 0 Å². The Bertz CT molecular complexity index is 838. The number of likely N-dealkylation sites (tertiary alicyclic amines) is 1. The molecule has 1 unspecified atom stereocenters. The van der Waals surface area contributed by atoms with Crippen molar-refractivity contribution in [3.63, 3.8) is 0 Å². The number of hydrogen-bond acceptors (Lipinski definition) is 6. The van der Waals surface area contributed by atoms with Gasteiger partial charge in [-0.3, -0.25) is 4.79 Å². The fraction of sp³-hybridized carbons (Fsp3) is 0.522. The van der Waals surface area contributed by atoms with Gasteiger partial charge in [-0.1, -0.05) is 12.1 Å². The molecule has 0 radical (unpaired) electrons. The van der Waals surface area contributed by atoms with Crippen molar-refractivity contribution in [2.24, 2.45) is 0 Å². The van der Waals surface area contributed by atoms with Gasteiger partial charge in [0.2, 0.25) is 5.91 Å². The number of carbonyl (C=O) groups is 1. The van der Waals surface area contributed by atoms with Crippen LogP contribution in [0.2, 0.25) is 0 Å². The smallest absolute Gasteiger partial charge is 0.227 e. The summed E-state index contributed by atoms with van der Waals surface area (Å²) in [6, 6.07) is 9.80. The summed E-state index contributed by atoms with van der Waals surface area (Å²) >= 11 is 0. The van der Waals surface area contributed by atoms with Crippen LogP contribution in [0.25, 0.3) is 0 Å². The van der Waals surface area contributed by atoms with Crippen molar-refractivity contribution in [3.05, 3.63) is 47.4 Å². The summed E-state index contributed by atoms with van der Waals surface area (Å²) in [5.41, 5.74) is 1.98. The molecule has 7 heteroatoms. The molecule has 0 saturated carbocycles. The lowest BCUT2D eigenvalue weighted by atomic mass is 9.96. The Labute approximate surface area is 179 Å². The van der Waals surface area contributed by atoms with Crippen LogP contribution >= 0.6 is 0 Å². The molecule has 7 nitrogen and oxygen atoms in total. The van der Waals surface area contributed by atoms with Crippen molar-refractivity contribution in [3.8, 4) is 5.75 Å². The number of anilines is 1. The first-order chi connectivity index (χ1) is 14.5. The Morgan fingerprint density at radius 2 is 2.03 bits per heavy atom. The molecule has 2 heterocycles. The molecule has 1 aromatic carbocycles. The van der Waals surface area contributed by atoms with Crippen molar-refractivity contribution >= 4 is 11.7 Å². The lowest BCUT2D eigenvalue weighted by Gasteiger charge is -2.32. The van der Waals surface area contributed by atoms with Crippen molar-refractivity contribution in [1.29, 1.82) is 0 Å². The molecule has 30 heavy (non-hydrogen) atoms. The molecule has 0 spiro atoms. The number of rotatable bonds is 8. The predicted octanol–water partition coefficient (Wildman–Crippen LogP) is 2.61. The fourth-order valence-corrected chi connectivity index (χ4v) is 3.76. The number of aromatic nitrogens is 2. The summed E-state index contributed by atoms with van der Waals surface area (Å²) in [4.78, 5) is 26.5. The summed E-state index contributed by atoms with van der Waals surface area (Å²) in [5, 5.41) is 3.16. The highest BCUT2D eigenvalue weighted by molar-refractivity contribution is 5.79. The zero-order valence-corrected chi connectivity index (χ0v) is 18.5. The number of benzene rings is 1. The Morgan fingerprint density at radius 1 is 1.27 bits per heavy atom. The molecule has 1 saturated heterocycles. The van der Waals surface area contributed by atoms with Crippen LogP contribution in [-0.4, -0.2) is 61.6 Å². The molecule has 2 aromatic rings. The van der Waals surface area contributed by atoms with E-state index in [1.807, 2.05) is 68.2 Å². The first-order valence-corrected chi connectivity index (χ1v) is 10.7. The molecule has 162 valence electrons. The molecule has 0 aliphatic carbocycles. The lowest BCUT2D eigenvalue weighted by molar-refractivity contribution is -0.131. The van der Waals surface area contributed by atoms with Gasteiger partial charge in [-0.25, -0.2) is 9.97 Å². The number of carbonyl (C=O) groups excluding carboxylic acids is 1. The number of amides is 1. The number of ether oxygens (including phenoxy) is 1. The highest BCUT2D eigenvalue weighted by Gasteiger charge is 2.27. The Hall–Kier alpha value is -2.67. The third-order valence-electron chi connectivity index (χ3n) is 5.33. The van der Waals surface area contributed by atoms with Crippen molar-refractivity contribution < 1.29 is 9.53 Å². The topological polar surface area (TPSA) is 70.6 Å². The highest BCUT2D eigenvalue weighted by Crippen LogP contribution is 2.27. The predicted molar refractivity (Wildman–Crippen MR) is 119 cm³/mol. The van der Waals surface area contributed by atoms with Gasteiger partial charge in [0.1, 0.15) is 17.4 Å². The Balaban J connectivity index is 1.69.